The van der Waals surface area contributed by atoms with Crippen molar-refractivity contribution >= 4 is 33.4 Å². The quantitative estimate of drug-likeness (QED) is 0.867. The summed E-state index contributed by atoms with van der Waals surface area (Å²) in [6.45, 7) is 6.27. The van der Waals surface area contributed by atoms with Crippen LogP contribution >= 0.6 is 15.9 Å². The molecule has 1 heterocycles. The Balaban J connectivity index is 2.12. The molecule has 0 aliphatic rings. The summed E-state index contributed by atoms with van der Waals surface area (Å²) in [6, 6.07) is 6.36. The van der Waals surface area contributed by atoms with E-state index in [1.165, 1.54) is 5.56 Å². The van der Waals surface area contributed by atoms with Crippen molar-refractivity contribution in [2.75, 3.05) is 10.6 Å². The van der Waals surface area contributed by atoms with E-state index in [0.717, 1.165) is 22.4 Å². The summed E-state index contributed by atoms with van der Waals surface area (Å²) in [4.78, 5) is 4.40. The predicted molar refractivity (Wildman–Crippen MR) is 85.4 cm³/mol. The highest BCUT2D eigenvalue weighted by Gasteiger charge is 2.04. The number of anilines is 3. The van der Waals surface area contributed by atoms with E-state index in [-0.39, 0.29) is 0 Å². The van der Waals surface area contributed by atoms with E-state index in [1.807, 2.05) is 25.1 Å². The van der Waals surface area contributed by atoms with Crippen LogP contribution in [0.15, 0.2) is 28.9 Å². The van der Waals surface area contributed by atoms with Gasteiger partial charge in [-0.25, -0.2) is 0 Å². The molecule has 0 fully saturated rings. The van der Waals surface area contributed by atoms with Gasteiger partial charge in [0.2, 0.25) is 5.95 Å². The molecule has 0 saturated carbocycles. The highest BCUT2D eigenvalue weighted by molar-refractivity contribution is 9.10. The van der Waals surface area contributed by atoms with Crippen LogP contribution in [-0.2, 0) is 0 Å². The molecule has 2 aromatic rings. The third kappa shape index (κ3) is 3.90. The minimum atomic E-state index is 0.355. The third-order valence-electron chi connectivity index (χ3n) is 2.99. The van der Waals surface area contributed by atoms with E-state index in [0.29, 0.717) is 12.0 Å². The van der Waals surface area contributed by atoms with Crippen LogP contribution in [0.2, 0.25) is 0 Å². The molecule has 1 aromatic carbocycles. The van der Waals surface area contributed by atoms with Crippen LogP contribution < -0.4 is 10.6 Å². The highest BCUT2D eigenvalue weighted by Crippen LogP contribution is 2.22. The maximum Gasteiger partial charge on any atom is 0.249 e. The number of aromatic nitrogens is 3. The largest absolute Gasteiger partial charge is 0.366 e. The molecule has 1 aromatic heterocycles. The van der Waals surface area contributed by atoms with Gasteiger partial charge in [0.1, 0.15) is 0 Å². The van der Waals surface area contributed by atoms with Gasteiger partial charge in [0.15, 0.2) is 5.82 Å². The first-order valence-electron chi connectivity index (χ1n) is 6.58. The van der Waals surface area contributed by atoms with Crippen molar-refractivity contribution in [3.05, 3.63) is 34.4 Å². The smallest absolute Gasteiger partial charge is 0.249 e. The molecule has 0 aliphatic carbocycles. The lowest BCUT2D eigenvalue weighted by Crippen LogP contribution is -2.15. The SMILES string of the molecule is CCC(C)Nc1cnnc(Nc2ccc(C)c(Br)c2)n1. The molecule has 0 amide bonds. The summed E-state index contributed by atoms with van der Waals surface area (Å²) in [6.07, 6.45) is 2.65. The standard InChI is InChI=1S/C14H18BrN5/c1-4-10(3)17-13-8-16-20-14(19-13)18-11-6-5-9(2)12(15)7-11/h5-8,10H,4H2,1-3H3,(H2,17,18,19,20). The first-order chi connectivity index (χ1) is 9.58. The van der Waals surface area contributed by atoms with Crippen molar-refractivity contribution in [1.82, 2.24) is 15.2 Å². The second kappa shape index (κ2) is 6.65. The average Bonchev–Trinajstić information content (AvgIpc) is 2.43. The summed E-state index contributed by atoms with van der Waals surface area (Å²) in [5, 5.41) is 14.4. The molecule has 1 atom stereocenters. The van der Waals surface area contributed by atoms with Gasteiger partial charge in [-0.2, -0.15) is 10.1 Å². The molecule has 0 bridgehead atoms. The van der Waals surface area contributed by atoms with Gasteiger partial charge in [-0.1, -0.05) is 28.9 Å². The summed E-state index contributed by atoms with van der Waals surface area (Å²) in [5.74, 6) is 1.21. The number of nitrogens with zero attached hydrogens (tertiary/aromatic N) is 3. The number of rotatable bonds is 5. The third-order valence-corrected chi connectivity index (χ3v) is 3.85. The Labute approximate surface area is 127 Å². The van der Waals surface area contributed by atoms with Crippen LogP contribution in [0.25, 0.3) is 0 Å². The maximum absolute atomic E-state index is 4.40. The molecule has 0 radical (unpaired) electrons. The number of nitrogens with one attached hydrogen (secondary N) is 2. The Morgan fingerprint density at radius 3 is 2.85 bits per heavy atom. The fourth-order valence-corrected chi connectivity index (χ4v) is 1.96. The van der Waals surface area contributed by atoms with E-state index in [2.05, 4.69) is 55.6 Å². The number of hydrogen-bond acceptors (Lipinski definition) is 5. The van der Waals surface area contributed by atoms with Crippen LogP contribution in [0, 0.1) is 6.92 Å². The molecule has 0 saturated heterocycles. The monoisotopic (exact) mass is 335 g/mol. The van der Waals surface area contributed by atoms with E-state index in [1.54, 1.807) is 6.20 Å². The summed E-state index contributed by atoms with van der Waals surface area (Å²) < 4.78 is 1.05. The topological polar surface area (TPSA) is 62.7 Å². The van der Waals surface area contributed by atoms with Crippen LogP contribution in [0.4, 0.5) is 17.5 Å². The van der Waals surface area contributed by atoms with Crippen molar-refractivity contribution in [2.45, 2.75) is 33.2 Å². The number of aryl methyl sites for hydroxylation is 1. The van der Waals surface area contributed by atoms with Crippen molar-refractivity contribution in [3.8, 4) is 0 Å². The molecule has 6 heteroatoms. The second-order valence-electron chi connectivity index (χ2n) is 4.71. The summed E-state index contributed by atoms with van der Waals surface area (Å²) >= 11 is 3.51. The zero-order chi connectivity index (χ0) is 14.5. The first-order valence-corrected chi connectivity index (χ1v) is 7.37. The van der Waals surface area contributed by atoms with Gasteiger partial charge in [-0.05, 0) is 38.0 Å². The zero-order valence-electron chi connectivity index (χ0n) is 11.8. The van der Waals surface area contributed by atoms with Gasteiger partial charge in [-0.15, -0.1) is 5.10 Å². The van der Waals surface area contributed by atoms with Crippen molar-refractivity contribution < 1.29 is 0 Å². The normalized spacial score (nSPS) is 12.0. The Bertz CT molecular complexity index is 588. The molecule has 2 N–H and O–H groups in total. The Hall–Kier alpha value is -1.69. The van der Waals surface area contributed by atoms with Gasteiger partial charge in [0.05, 0.1) is 6.20 Å². The predicted octanol–water partition coefficient (Wildman–Crippen LogP) is 3.90. The van der Waals surface area contributed by atoms with Gasteiger partial charge >= 0.3 is 0 Å². The number of hydrogen-bond donors (Lipinski definition) is 2. The van der Waals surface area contributed by atoms with E-state index < -0.39 is 0 Å². The number of benzene rings is 1. The minimum absolute atomic E-state index is 0.355. The second-order valence-corrected chi connectivity index (χ2v) is 5.56. The Morgan fingerprint density at radius 2 is 2.15 bits per heavy atom. The molecule has 106 valence electrons. The van der Waals surface area contributed by atoms with Gasteiger partial charge in [-0.3, -0.25) is 0 Å². The highest BCUT2D eigenvalue weighted by atomic mass is 79.9. The maximum atomic E-state index is 4.40. The van der Waals surface area contributed by atoms with Gasteiger partial charge < -0.3 is 10.6 Å². The zero-order valence-corrected chi connectivity index (χ0v) is 13.4. The fourth-order valence-electron chi connectivity index (χ4n) is 1.58. The van der Waals surface area contributed by atoms with Crippen molar-refractivity contribution in [3.63, 3.8) is 0 Å². The molecule has 20 heavy (non-hydrogen) atoms. The summed E-state index contributed by atoms with van der Waals surface area (Å²) in [7, 11) is 0. The first kappa shape index (κ1) is 14.7. The van der Waals surface area contributed by atoms with E-state index in [4.69, 9.17) is 0 Å². The lowest BCUT2D eigenvalue weighted by atomic mass is 10.2. The van der Waals surface area contributed by atoms with E-state index in [9.17, 15) is 0 Å². The summed E-state index contributed by atoms with van der Waals surface area (Å²) in [5.41, 5.74) is 2.10. The fraction of sp³-hybridized carbons (Fsp3) is 0.357. The van der Waals surface area contributed by atoms with E-state index >= 15 is 0 Å². The van der Waals surface area contributed by atoms with Crippen molar-refractivity contribution in [1.29, 1.82) is 0 Å². The molecular formula is C14H18BrN5. The molecule has 1 unspecified atom stereocenters. The van der Waals surface area contributed by atoms with Crippen LogP contribution in [0.3, 0.4) is 0 Å². The molecule has 0 spiro atoms. The van der Waals surface area contributed by atoms with Crippen LogP contribution in [0.1, 0.15) is 25.8 Å². The lowest BCUT2D eigenvalue weighted by Gasteiger charge is -2.12. The minimum Gasteiger partial charge on any atom is -0.366 e. The van der Waals surface area contributed by atoms with Crippen molar-refractivity contribution in [2.24, 2.45) is 0 Å². The number of halogens is 1. The van der Waals surface area contributed by atoms with Crippen LogP contribution in [-0.4, -0.2) is 21.2 Å². The van der Waals surface area contributed by atoms with Crippen LogP contribution in [0.5, 0.6) is 0 Å². The molecule has 0 aliphatic heterocycles. The Kier molecular flexibility index (Phi) is 4.89. The lowest BCUT2D eigenvalue weighted by molar-refractivity contribution is 0.755. The Morgan fingerprint density at radius 1 is 1.35 bits per heavy atom. The molecule has 2 rings (SSSR count). The van der Waals surface area contributed by atoms with Gasteiger partial charge in [0, 0.05) is 16.2 Å². The average molecular weight is 336 g/mol. The molecular weight excluding hydrogens is 318 g/mol. The molecule has 5 nitrogen and oxygen atoms in total. The van der Waals surface area contributed by atoms with Gasteiger partial charge in [0.25, 0.3) is 0 Å².